The smallest absolute Gasteiger partial charge is 0.251 e. The molecular formula is C23H37N3O4S. The summed E-state index contributed by atoms with van der Waals surface area (Å²) in [6.45, 7) is 9.53. The number of nitrogens with zero attached hydrogens (tertiary/aromatic N) is 1. The molecule has 2 aliphatic rings. The zero-order valence-electron chi connectivity index (χ0n) is 19.5. The van der Waals surface area contributed by atoms with Crippen molar-refractivity contribution in [1.82, 2.24) is 14.9 Å². The van der Waals surface area contributed by atoms with Crippen LogP contribution >= 0.6 is 0 Å². The predicted octanol–water partition coefficient (Wildman–Crippen LogP) is 3.30. The van der Waals surface area contributed by atoms with Crippen LogP contribution in [0, 0.1) is 0 Å². The quantitative estimate of drug-likeness (QED) is 0.717. The van der Waals surface area contributed by atoms with Gasteiger partial charge < -0.3 is 15.4 Å². The van der Waals surface area contributed by atoms with Crippen LogP contribution in [0.2, 0.25) is 0 Å². The van der Waals surface area contributed by atoms with E-state index in [1.54, 1.807) is 12.1 Å². The lowest BCUT2D eigenvalue weighted by molar-refractivity contribution is 0.0873. The molecule has 2 heterocycles. The average molecular weight is 452 g/mol. The number of amides is 1. The van der Waals surface area contributed by atoms with Gasteiger partial charge in [0.05, 0.1) is 7.11 Å². The molecule has 31 heavy (non-hydrogen) atoms. The van der Waals surface area contributed by atoms with Crippen molar-refractivity contribution in [2.24, 2.45) is 0 Å². The first kappa shape index (κ1) is 24.0. The van der Waals surface area contributed by atoms with Crippen molar-refractivity contribution >= 4 is 15.9 Å². The second kappa shape index (κ2) is 9.08. The molecule has 7 nitrogen and oxygen atoms in total. The molecule has 174 valence electrons. The molecule has 8 heteroatoms. The topological polar surface area (TPSA) is 87.7 Å². The van der Waals surface area contributed by atoms with Gasteiger partial charge in [0, 0.05) is 35.8 Å². The molecule has 0 aromatic heterocycles. The third kappa shape index (κ3) is 5.79. The minimum absolute atomic E-state index is 0.00603. The Hall–Kier alpha value is -1.64. The molecule has 0 unspecified atom stereocenters. The second-order valence-corrected chi connectivity index (χ2v) is 12.1. The van der Waals surface area contributed by atoms with E-state index in [0.717, 1.165) is 38.5 Å². The highest BCUT2D eigenvalue weighted by Crippen LogP contribution is 2.31. The Kier molecular flexibility index (Phi) is 7.03. The summed E-state index contributed by atoms with van der Waals surface area (Å²) in [6, 6.07) is 4.68. The number of sulfonamides is 1. The van der Waals surface area contributed by atoms with E-state index in [0.29, 0.717) is 18.7 Å². The fraction of sp³-hybridized carbons (Fsp3) is 0.696. The SMILES string of the molecule is COc1ccc(C(=O)NC2CC(C)(C)NC(C)(C)C2)cc1S(=O)(=O)N1CCCCCC1. The Morgan fingerprint density at radius 3 is 2.19 bits per heavy atom. The molecule has 1 aromatic carbocycles. The Balaban J connectivity index is 1.85. The van der Waals surface area contributed by atoms with Crippen LogP contribution in [0.15, 0.2) is 23.1 Å². The van der Waals surface area contributed by atoms with E-state index < -0.39 is 10.0 Å². The monoisotopic (exact) mass is 451 g/mol. The van der Waals surface area contributed by atoms with Crippen LogP contribution in [-0.2, 0) is 10.0 Å². The van der Waals surface area contributed by atoms with E-state index in [-0.39, 0.29) is 33.7 Å². The highest BCUT2D eigenvalue weighted by molar-refractivity contribution is 7.89. The van der Waals surface area contributed by atoms with Crippen molar-refractivity contribution in [3.8, 4) is 5.75 Å². The molecule has 0 bridgehead atoms. The minimum atomic E-state index is -3.74. The van der Waals surface area contributed by atoms with E-state index in [4.69, 9.17) is 4.74 Å². The summed E-state index contributed by atoms with van der Waals surface area (Å²) in [5, 5.41) is 6.73. The molecule has 1 amide bonds. The van der Waals surface area contributed by atoms with Gasteiger partial charge in [-0.05, 0) is 71.6 Å². The lowest BCUT2D eigenvalue weighted by Gasteiger charge is -2.46. The zero-order valence-corrected chi connectivity index (χ0v) is 20.3. The van der Waals surface area contributed by atoms with E-state index in [1.165, 1.54) is 17.5 Å². The maximum atomic E-state index is 13.4. The number of methoxy groups -OCH3 is 1. The molecule has 0 aliphatic carbocycles. The van der Waals surface area contributed by atoms with Gasteiger partial charge in [0.2, 0.25) is 10.0 Å². The van der Waals surface area contributed by atoms with Crippen molar-refractivity contribution in [2.75, 3.05) is 20.2 Å². The van der Waals surface area contributed by atoms with Crippen LogP contribution in [0.5, 0.6) is 5.75 Å². The number of hydrogen-bond acceptors (Lipinski definition) is 5. The maximum absolute atomic E-state index is 13.4. The summed E-state index contributed by atoms with van der Waals surface area (Å²) in [5.41, 5.74) is 0.144. The molecule has 3 rings (SSSR count). The first-order chi connectivity index (χ1) is 14.4. The molecule has 2 N–H and O–H groups in total. The van der Waals surface area contributed by atoms with Crippen LogP contribution in [0.1, 0.15) is 76.6 Å². The molecule has 0 atom stereocenters. The summed E-state index contributed by atoms with van der Waals surface area (Å²) in [6.07, 6.45) is 5.38. The molecule has 2 saturated heterocycles. The zero-order chi connectivity index (χ0) is 22.9. The lowest BCUT2D eigenvalue weighted by Crippen LogP contribution is -2.62. The highest BCUT2D eigenvalue weighted by atomic mass is 32.2. The average Bonchev–Trinajstić information content (AvgIpc) is 2.95. The number of carbonyl (C=O) groups excluding carboxylic acids is 1. The maximum Gasteiger partial charge on any atom is 0.251 e. The van der Waals surface area contributed by atoms with Crippen molar-refractivity contribution in [3.05, 3.63) is 23.8 Å². The van der Waals surface area contributed by atoms with Gasteiger partial charge in [-0.3, -0.25) is 4.79 Å². The molecule has 2 aliphatic heterocycles. The van der Waals surface area contributed by atoms with Crippen LogP contribution < -0.4 is 15.4 Å². The number of hydrogen-bond donors (Lipinski definition) is 2. The van der Waals surface area contributed by atoms with Gasteiger partial charge in [-0.2, -0.15) is 4.31 Å². The first-order valence-corrected chi connectivity index (χ1v) is 12.7. The standard InChI is InChI=1S/C23H37N3O4S/c1-22(2)15-18(16-23(3,4)25-22)24-21(27)17-10-11-19(30-5)20(14-17)31(28,29)26-12-8-6-7-9-13-26/h10-11,14,18,25H,6-9,12-13,15-16H2,1-5H3,(H,24,27). The van der Waals surface area contributed by atoms with Crippen LogP contribution in [0.25, 0.3) is 0 Å². The summed E-state index contributed by atoms with van der Waals surface area (Å²) in [4.78, 5) is 13.1. The van der Waals surface area contributed by atoms with Gasteiger partial charge in [0.25, 0.3) is 5.91 Å². The van der Waals surface area contributed by atoms with Gasteiger partial charge >= 0.3 is 0 Å². The van der Waals surface area contributed by atoms with E-state index in [1.807, 2.05) is 0 Å². The van der Waals surface area contributed by atoms with Crippen LogP contribution in [0.4, 0.5) is 0 Å². The summed E-state index contributed by atoms with van der Waals surface area (Å²) >= 11 is 0. The molecule has 0 radical (unpaired) electrons. The molecule has 0 saturated carbocycles. The second-order valence-electron chi connectivity index (χ2n) is 10.2. The Morgan fingerprint density at radius 1 is 1.06 bits per heavy atom. The largest absolute Gasteiger partial charge is 0.495 e. The third-order valence-electron chi connectivity index (χ3n) is 6.13. The van der Waals surface area contributed by atoms with Crippen molar-refractivity contribution < 1.29 is 17.9 Å². The summed E-state index contributed by atoms with van der Waals surface area (Å²) in [5.74, 6) is 0.0124. The summed E-state index contributed by atoms with van der Waals surface area (Å²) in [7, 11) is -2.28. The Bertz CT molecular complexity index is 887. The fourth-order valence-electron chi connectivity index (χ4n) is 5.13. The highest BCUT2D eigenvalue weighted by Gasteiger charge is 2.38. The van der Waals surface area contributed by atoms with Crippen LogP contribution in [-0.4, -0.2) is 55.9 Å². The summed E-state index contributed by atoms with van der Waals surface area (Å²) < 4.78 is 33.6. The molecule has 1 aromatic rings. The number of nitrogens with one attached hydrogen (secondary N) is 2. The molecule has 0 spiro atoms. The van der Waals surface area contributed by atoms with Crippen molar-refractivity contribution in [3.63, 3.8) is 0 Å². The number of piperidine rings is 1. The Morgan fingerprint density at radius 2 is 1.65 bits per heavy atom. The third-order valence-corrected chi connectivity index (χ3v) is 8.05. The fourth-order valence-corrected chi connectivity index (χ4v) is 6.83. The van der Waals surface area contributed by atoms with Gasteiger partial charge in [-0.1, -0.05) is 12.8 Å². The lowest BCUT2D eigenvalue weighted by atomic mass is 9.79. The molecule has 2 fully saturated rings. The van der Waals surface area contributed by atoms with E-state index in [2.05, 4.69) is 38.3 Å². The first-order valence-electron chi connectivity index (χ1n) is 11.2. The van der Waals surface area contributed by atoms with Gasteiger partial charge in [-0.25, -0.2) is 8.42 Å². The number of ether oxygens (including phenoxy) is 1. The normalized spacial score (nSPS) is 22.5. The molecular weight excluding hydrogens is 414 g/mol. The minimum Gasteiger partial charge on any atom is -0.495 e. The number of rotatable bonds is 5. The van der Waals surface area contributed by atoms with Crippen molar-refractivity contribution in [2.45, 2.75) is 88.2 Å². The van der Waals surface area contributed by atoms with Gasteiger partial charge in [-0.15, -0.1) is 0 Å². The predicted molar refractivity (Wildman–Crippen MR) is 122 cm³/mol. The van der Waals surface area contributed by atoms with Crippen molar-refractivity contribution in [1.29, 1.82) is 0 Å². The Labute approximate surface area is 187 Å². The number of benzene rings is 1. The van der Waals surface area contributed by atoms with E-state index in [9.17, 15) is 13.2 Å². The van der Waals surface area contributed by atoms with Gasteiger partial charge in [0.15, 0.2) is 0 Å². The van der Waals surface area contributed by atoms with Crippen LogP contribution in [0.3, 0.4) is 0 Å². The van der Waals surface area contributed by atoms with E-state index >= 15 is 0 Å². The van der Waals surface area contributed by atoms with Gasteiger partial charge in [0.1, 0.15) is 10.6 Å². The number of carbonyl (C=O) groups is 1.